The fourth-order valence-electron chi connectivity index (χ4n) is 3.22. The zero-order valence-corrected chi connectivity index (χ0v) is 10.6. The first-order valence-corrected chi connectivity index (χ1v) is 6.44. The fourth-order valence-corrected chi connectivity index (χ4v) is 3.22. The van der Waals surface area contributed by atoms with E-state index in [-0.39, 0.29) is 12.1 Å². The maximum Gasteiger partial charge on any atom is 0.435 e. The lowest BCUT2D eigenvalue weighted by atomic mass is 9.83. The lowest BCUT2D eigenvalue weighted by Gasteiger charge is -2.23. The van der Waals surface area contributed by atoms with Crippen LogP contribution in [0.15, 0.2) is 6.07 Å². The molecule has 1 aromatic rings. The molecule has 3 nitrogen and oxygen atoms in total. The second kappa shape index (κ2) is 4.56. The molecule has 0 unspecified atom stereocenters. The summed E-state index contributed by atoms with van der Waals surface area (Å²) in [6.45, 7) is 0. The second-order valence-electron chi connectivity index (χ2n) is 5.42. The standard InChI is InChI=1S/C12H11F6N3/c13-11(14,15)9-4-7(10(21-20-9)12(16,17)18)6-3-5-1-2-8(6)19-5/h4-6,8,19H,1-3H2/t5-,6+,8+/m0/s1. The van der Waals surface area contributed by atoms with Crippen LogP contribution in [0, 0.1) is 0 Å². The molecule has 116 valence electrons. The van der Waals surface area contributed by atoms with Gasteiger partial charge in [0.1, 0.15) is 0 Å². The Bertz CT molecular complexity index is 553. The first-order chi connectivity index (χ1) is 9.66. The minimum absolute atomic E-state index is 0.0728. The van der Waals surface area contributed by atoms with Gasteiger partial charge in [-0.25, -0.2) is 0 Å². The summed E-state index contributed by atoms with van der Waals surface area (Å²) in [4.78, 5) is 0. The van der Waals surface area contributed by atoms with Crippen molar-refractivity contribution >= 4 is 0 Å². The van der Waals surface area contributed by atoms with Crippen molar-refractivity contribution in [2.24, 2.45) is 0 Å². The van der Waals surface area contributed by atoms with Crippen LogP contribution in [-0.2, 0) is 12.4 Å². The maximum atomic E-state index is 13.0. The third-order valence-corrected chi connectivity index (χ3v) is 4.08. The SMILES string of the molecule is FC(F)(F)c1cc([C@H]2C[C@@H]3CC[C@H]2N3)c(C(F)(F)F)nn1. The van der Waals surface area contributed by atoms with Crippen LogP contribution < -0.4 is 5.32 Å². The maximum absolute atomic E-state index is 13.0. The van der Waals surface area contributed by atoms with E-state index in [9.17, 15) is 26.3 Å². The zero-order valence-electron chi connectivity index (χ0n) is 10.6. The van der Waals surface area contributed by atoms with E-state index in [2.05, 4.69) is 15.5 Å². The summed E-state index contributed by atoms with van der Waals surface area (Å²) in [6, 6.07) is 0.355. The number of fused-ring (bicyclic) bond motifs is 2. The van der Waals surface area contributed by atoms with Crippen molar-refractivity contribution in [3.8, 4) is 0 Å². The van der Waals surface area contributed by atoms with Crippen molar-refractivity contribution in [2.45, 2.75) is 49.6 Å². The highest BCUT2D eigenvalue weighted by Crippen LogP contribution is 2.44. The Labute approximate surface area is 115 Å². The van der Waals surface area contributed by atoms with Crippen molar-refractivity contribution in [1.29, 1.82) is 0 Å². The molecule has 9 heteroatoms. The van der Waals surface area contributed by atoms with Crippen molar-refractivity contribution < 1.29 is 26.3 Å². The topological polar surface area (TPSA) is 37.8 Å². The molecule has 2 fully saturated rings. The van der Waals surface area contributed by atoms with E-state index < -0.39 is 35.2 Å². The van der Waals surface area contributed by atoms with Crippen LogP contribution in [0.4, 0.5) is 26.3 Å². The Kier molecular flexibility index (Phi) is 3.16. The van der Waals surface area contributed by atoms with E-state index in [1.807, 2.05) is 0 Å². The van der Waals surface area contributed by atoms with Gasteiger partial charge in [-0.15, -0.1) is 10.2 Å². The number of nitrogens with zero attached hydrogens (tertiary/aromatic N) is 2. The molecule has 3 heterocycles. The van der Waals surface area contributed by atoms with Gasteiger partial charge < -0.3 is 5.32 Å². The predicted molar refractivity (Wildman–Crippen MR) is 59.3 cm³/mol. The number of alkyl halides is 6. The van der Waals surface area contributed by atoms with E-state index in [1.165, 1.54) is 0 Å². The third-order valence-electron chi connectivity index (χ3n) is 4.08. The molecule has 0 amide bonds. The summed E-state index contributed by atoms with van der Waals surface area (Å²) in [7, 11) is 0. The van der Waals surface area contributed by atoms with Crippen molar-refractivity contribution in [3.05, 3.63) is 23.0 Å². The zero-order chi connectivity index (χ0) is 15.4. The van der Waals surface area contributed by atoms with Gasteiger partial charge in [-0.3, -0.25) is 0 Å². The third kappa shape index (κ3) is 2.58. The molecule has 3 atom stereocenters. The minimum atomic E-state index is -4.81. The first kappa shape index (κ1) is 14.6. The molecule has 0 radical (unpaired) electrons. The Balaban J connectivity index is 2.06. The highest BCUT2D eigenvalue weighted by molar-refractivity contribution is 5.32. The van der Waals surface area contributed by atoms with Gasteiger partial charge in [-0.1, -0.05) is 0 Å². The molecule has 0 spiro atoms. The van der Waals surface area contributed by atoms with Crippen LogP contribution in [0.1, 0.15) is 42.1 Å². The quantitative estimate of drug-likeness (QED) is 0.810. The average molecular weight is 311 g/mol. The highest BCUT2D eigenvalue weighted by atomic mass is 19.4. The molecule has 2 aliphatic heterocycles. The Morgan fingerprint density at radius 3 is 2.19 bits per heavy atom. The Hall–Kier alpha value is -1.38. The Morgan fingerprint density at radius 2 is 1.71 bits per heavy atom. The normalized spacial score (nSPS) is 29.1. The van der Waals surface area contributed by atoms with Crippen LogP contribution >= 0.6 is 0 Å². The number of hydrogen-bond donors (Lipinski definition) is 1. The van der Waals surface area contributed by atoms with Crippen molar-refractivity contribution in [1.82, 2.24) is 15.5 Å². The smallest absolute Gasteiger partial charge is 0.311 e. The van der Waals surface area contributed by atoms with Gasteiger partial charge in [0.15, 0.2) is 11.4 Å². The average Bonchev–Trinajstić information content (AvgIpc) is 2.98. The second-order valence-corrected chi connectivity index (χ2v) is 5.42. The van der Waals surface area contributed by atoms with Crippen LogP contribution in [0.25, 0.3) is 0 Å². The number of rotatable bonds is 1. The predicted octanol–water partition coefficient (Wildman–Crippen LogP) is 3.12. The first-order valence-electron chi connectivity index (χ1n) is 6.44. The summed E-state index contributed by atoms with van der Waals surface area (Å²) in [5, 5.41) is 8.63. The molecule has 2 bridgehead atoms. The molecule has 0 saturated carbocycles. The molecule has 21 heavy (non-hydrogen) atoms. The number of nitrogens with one attached hydrogen (secondary N) is 1. The van der Waals surface area contributed by atoms with Gasteiger partial charge in [0.05, 0.1) is 0 Å². The molecule has 0 aromatic carbocycles. The lowest BCUT2D eigenvalue weighted by molar-refractivity contribution is -0.148. The Morgan fingerprint density at radius 1 is 1.00 bits per heavy atom. The van der Waals surface area contributed by atoms with Gasteiger partial charge >= 0.3 is 12.4 Å². The van der Waals surface area contributed by atoms with Crippen molar-refractivity contribution in [3.63, 3.8) is 0 Å². The van der Waals surface area contributed by atoms with E-state index in [0.717, 1.165) is 6.42 Å². The number of aromatic nitrogens is 2. The van der Waals surface area contributed by atoms with E-state index >= 15 is 0 Å². The summed E-state index contributed by atoms with van der Waals surface area (Å²) >= 11 is 0. The molecule has 2 aliphatic rings. The molecule has 2 saturated heterocycles. The number of halogens is 6. The van der Waals surface area contributed by atoms with Crippen LogP contribution in [0.3, 0.4) is 0 Å². The molecule has 0 aliphatic carbocycles. The van der Waals surface area contributed by atoms with Crippen LogP contribution in [-0.4, -0.2) is 22.3 Å². The highest BCUT2D eigenvalue weighted by Gasteiger charge is 2.46. The van der Waals surface area contributed by atoms with Gasteiger partial charge in [-0.05, 0) is 30.9 Å². The molecular formula is C12H11F6N3. The van der Waals surface area contributed by atoms with Gasteiger partial charge in [-0.2, -0.15) is 26.3 Å². The van der Waals surface area contributed by atoms with Gasteiger partial charge in [0.25, 0.3) is 0 Å². The van der Waals surface area contributed by atoms with Crippen LogP contribution in [0.2, 0.25) is 0 Å². The monoisotopic (exact) mass is 311 g/mol. The van der Waals surface area contributed by atoms with Crippen LogP contribution in [0.5, 0.6) is 0 Å². The van der Waals surface area contributed by atoms with E-state index in [4.69, 9.17) is 0 Å². The van der Waals surface area contributed by atoms with E-state index in [1.54, 1.807) is 0 Å². The molecular weight excluding hydrogens is 300 g/mol. The van der Waals surface area contributed by atoms with Gasteiger partial charge in [0.2, 0.25) is 0 Å². The largest absolute Gasteiger partial charge is 0.435 e. The lowest BCUT2D eigenvalue weighted by Crippen LogP contribution is -2.25. The molecule has 1 N–H and O–H groups in total. The number of hydrogen-bond acceptors (Lipinski definition) is 3. The summed E-state index contributed by atoms with van der Waals surface area (Å²) in [6.07, 6.45) is -7.72. The summed E-state index contributed by atoms with van der Waals surface area (Å²) < 4.78 is 76.9. The van der Waals surface area contributed by atoms with E-state index in [0.29, 0.717) is 18.9 Å². The fraction of sp³-hybridized carbons (Fsp3) is 0.667. The molecule has 1 aromatic heterocycles. The van der Waals surface area contributed by atoms with Crippen molar-refractivity contribution in [2.75, 3.05) is 0 Å². The summed E-state index contributed by atoms with van der Waals surface area (Å²) in [5.74, 6) is -0.600. The summed E-state index contributed by atoms with van der Waals surface area (Å²) in [5.41, 5.74) is -3.09. The van der Waals surface area contributed by atoms with Gasteiger partial charge in [0, 0.05) is 18.0 Å². The minimum Gasteiger partial charge on any atom is -0.311 e. The molecule has 3 rings (SSSR count).